The Kier molecular flexibility index (Phi) is 3.91. The van der Waals surface area contributed by atoms with Crippen LogP contribution < -0.4 is 20.7 Å². The maximum absolute atomic E-state index is 5.94. The first-order valence-corrected chi connectivity index (χ1v) is 7.46. The molecule has 0 radical (unpaired) electrons. The van der Waals surface area contributed by atoms with E-state index in [0.29, 0.717) is 11.9 Å². The van der Waals surface area contributed by atoms with Gasteiger partial charge in [-0.3, -0.25) is 0 Å². The van der Waals surface area contributed by atoms with Crippen LogP contribution in [0.3, 0.4) is 0 Å². The zero-order chi connectivity index (χ0) is 13.9. The lowest BCUT2D eigenvalue weighted by Crippen LogP contribution is -2.44. The summed E-state index contributed by atoms with van der Waals surface area (Å²) in [6.45, 7) is 3.78. The molecule has 1 aromatic rings. The van der Waals surface area contributed by atoms with Crippen molar-refractivity contribution in [1.29, 1.82) is 0 Å². The van der Waals surface area contributed by atoms with Crippen LogP contribution in [0.5, 0.6) is 5.75 Å². The molecule has 0 atom stereocenters. The van der Waals surface area contributed by atoms with E-state index in [2.05, 4.69) is 20.2 Å². The van der Waals surface area contributed by atoms with Crippen LogP contribution in [-0.2, 0) is 0 Å². The third-order valence-electron chi connectivity index (χ3n) is 4.25. The molecule has 0 aromatic carbocycles. The normalized spacial score (nSPS) is 20.4. The van der Waals surface area contributed by atoms with Crippen molar-refractivity contribution in [3.8, 4) is 5.75 Å². The van der Waals surface area contributed by atoms with E-state index in [1.807, 2.05) is 0 Å². The maximum atomic E-state index is 5.94. The van der Waals surface area contributed by atoms with E-state index in [-0.39, 0.29) is 0 Å². The largest absolute Gasteiger partial charge is 0.491 e. The van der Waals surface area contributed by atoms with Crippen molar-refractivity contribution >= 4 is 11.8 Å². The second-order valence-corrected chi connectivity index (χ2v) is 5.54. The predicted octanol–water partition coefficient (Wildman–Crippen LogP) is 1.13. The Labute approximate surface area is 119 Å². The Morgan fingerprint density at radius 3 is 2.55 bits per heavy atom. The number of nitrogens with one attached hydrogen (secondary N) is 1. The fourth-order valence-corrected chi connectivity index (χ4v) is 3.24. The Bertz CT molecular complexity index is 467. The van der Waals surface area contributed by atoms with Gasteiger partial charge in [-0.2, -0.15) is 4.98 Å². The van der Waals surface area contributed by atoms with Gasteiger partial charge in [0.25, 0.3) is 0 Å². The van der Waals surface area contributed by atoms with E-state index in [9.17, 15) is 0 Å². The van der Waals surface area contributed by atoms with Gasteiger partial charge in [-0.25, -0.2) is 4.98 Å². The summed E-state index contributed by atoms with van der Waals surface area (Å²) in [6.07, 6.45) is 4.88. The Morgan fingerprint density at radius 1 is 1.20 bits per heavy atom. The summed E-state index contributed by atoms with van der Waals surface area (Å²) in [5, 5.41) is 3.35. The second kappa shape index (κ2) is 5.83. The van der Waals surface area contributed by atoms with Crippen molar-refractivity contribution in [1.82, 2.24) is 15.3 Å². The number of nitrogens with zero attached hydrogens (tertiary/aromatic N) is 3. The first-order valence-electron chi connectivity index (χ1n) is 7.46. The van der Waals surface area contributed by atoms with Crippen molar-refractivity contribution in [2.24, 2.45) is 0 Å². The van der Waals surface area contributed by atoms with Crippen LogP contribution in [0, 0.1) is 0 Å². The molecular weight excluding hydrogens is 254 g/mol. The molecule has 1 aromatic heterocycles. The third-order valence-corrected chi connectivity index (χ3v) is 4.25. The Hall–Kier alpha value is -1.56. The Balaban J connectivity index is 1.99. The number of rotatable bonds is 3. The molecule has 1 saturated carbocycles. The smallest absolute Gasteiger partial charge is 0.222 e. The number of anilines is 2. The molecule has 3 rings (SSSR count). The number of ether oxygens (including phenoxy) is 1. The fraction of sp³-hybridized carbons (Fsp3) is 0.714. The zero-order valence-electron chi connectivity index (χ0n) is 12.1. The highest BCUT2D eigenvalue weighted by Crippen LogP contribution is 2.41. The molecule has 2 aliphatic rings. The maximum Gasteiger partial charge on any atom is 0.222 e. The molecule has 1 saturated heterocycles. The zero-order valence-corrected chi connectivity index (χ0v) is 12.1. The van der Waals surface area contributed by atoms with Gasteiger partial charge in [0.15, 0.2) is 11.6 Å². The van der Waals surface area contributed by atoms with Gasteiger partial charge in [-0.05, 0) is 12.8 Å². The lowest BCUT2D eigenvalue weighted by molar-refractivity contribution is 0.398. The summed E-state index contributed by atoms with van der Waals surface area (Å²) in [6, 6.07) is 0. The Morgan fingerprint density at radius 2 is 1.90 bits per heavy atom. The highest BCUT2D eigenvalue weighted by Gasteiger charge is 2.27. The van der Waals surface area contributed by atoms with E-state index < -0.39 is 0 Å². The number of aromatic nitrogens is 2. The number of piperazine rings is 1. The van der Waals surface area contributed by atoms with Gasteiger partial charge >= 0.3 is 0 Å². The SMILES string of the molecule is COc1c(C2CCCC2)nc(N)nc1N1CCNCC1. The predicted molar refractivity (Wildman–Crippen MR) is 79.3 cm³/mol. The molecule has 2 heterocycles. The van der Waals surface area contributed by atoms with Gasteiger partial charge in [0.05, 0.1) is 12.8 Å². The minimum absolute atomic E-state index is 0.362. The van der Waals surface area contributed by atoms with Crippen LogP contribution in [0.1, 0.15) is 37.3 Å². The van der Waals surface area contributed by atoms with Crippen LogP contribution in [0.4, 0.5) is 11.8 Å². The van der Waals surface area contributed by atoms with Gasteiger partial charge < -0.3 is 20.7 Å². The molecule has 2 fully saturated rings. The highest BCUT2D eigenvalue weighted by molar-refractivity contribution is 5.58. The van der Waals surface area contributed by atoms with Crippen molar-refractivity contribution in [2.75, 3.05) is 43.9 Å². The van der Waals surface area contributed by atoms with E-state index in [0.717, 1.165) is 43.4 Å². The minimum Gasteiger partial charge on any atom is -0.491 e. The van der Waals surface area contributed by atoms with Crippen LogP contribution in [-0.4, -0.2) is 43.3 Å². The number of nitrogens with two attached hydrogens (primary N) is 1. The standard InChI is InChI=1S/C14H23N5O/c1-20-12-11(10-4-2-3-5-10)17-14(15)18-13(12)19-8-6-16-7-9-19/h10,16H,2-9H2,1H3,(H2,15,17,18). The highest BCUT2D eigenvalue weighted by atomic mass is 16.5. The van der Waals surface area contributed by atoms with Gasteiger partial charge in [-0.1, -0.05) is 12.8 Å². The second-order valence-electron chi connectivity index (χ2n) is 5.54. The molecule has 1 aliphatic carbocycles. The minimum atomic E-state index is 0.362. The van der Waals surface area contributed by atoms with Gasteiger partial charge in [0.2, 0.25) is 5.95 Å². The average molecular weight is 277 g/mol. The van der Waals surface area contributed by atoms with Gasteiger partial charge in [0.1, 0.15) is 0 Å². The van der Waals surface area contributed by atoms with E-state index in [1.165, 1.54) is 25.7 Å². The first-order chi connectivity index (χ1) is 9.79. The third kappa shape index (κ3) is 2.52. The quantitative estimate of drug-likeness (QED) is 0.862. The molecule has 1 aliphatic heterocycles. The number of nitrogen functional groups attached to an aromatic ring is 1. The van der Waals surface area contributed by atoms with Crippen LogP contribution >= 0.6 is 0 Å². The summed E-state index contributed by atoms with van der Waals surface area (Å²) < 4.78 is 5.65. The number of hydrogen-bond donors (Lipinski definition) is 2. The molecule has 20 heavy (non-hydrogen) atoms. The molecule has 0 spiro atoms. The van der Waals surface area contributed by atoms with Crippen molar-refractivity contribution in [3.05, 3.63) is 5.69 Å². The van der Waals surface area contributed by atoms with Gasteiger partial charge in [-0.15, -0.1) is 0 Å². The van der Waals surface area contributed by atoms with Crippen molar-refractivity contribution < 1.29 is 4.74 Å². The average Bonchev–Trinajstić information content (AvgIpc) is 3.01. The van der Waals surface area contributed by atoms with E-state index in [4.69, 9.17) is 10.5 Å². The lowest BCUT2D eigenvalue weighted by Gasteiger charge is -2.30. The van der Waals surface area contributed by atoms with Crippen molar-refractivity contribution in [2.45, 2.75) is 31.6 Å². The molecular formula is C14H23N5O. The topological polar surface area (TPSA) is 76.3 Å². The summed E-state index contributed by atoms with van der Waals surface area (Å²) in [7, 11) is 1.71. The molecule has 110 valence electrons. The number of hydrogen-bond acceptors (Lipinski definition) is 6. The molecule has 0 bridgehead atoms. The number of methoxy groups -OCH3 is 1. The summed E-state index contributed by atoms with van der Waals surface area (Å²) in [4.78, 5) is 11.2. The summed E-state index contributed by atoms with van der Waals surface area (Å²) >= 11 is 0. The summed E-state index contributed by atoms with van der Waals surface area (Å²) in [5.41, 5.74) is 6.94. The monoisotopic (exact) mass is 277 g/mol. The van der Waals surface area contributed by atoms with Crippen LogP contribution in [0.2, 0.25) is 0 Å². The lowest BCUT2D eigenvalue weighted by atomic mass is 10.0. The molecule has 6 heteroatoms. The molecule has 0 unspecified atom stereocenters. The summed E-state index contributed by atoms with van der Waals surface area (Å²) in [5.74, 6) is 2.52. The van der Waals surface area contributed by atoms with Crippen molar-refractivity contribution in [3.63, 3.8) is 0 Å². The van der Waals surface area contributed by atoms with Crippen LogP contribution in [0.25, 0.3) is 0 Å². The van der Waals surface area contributed by atoms with Gasteiger partial charge in [0, 0.05) is 32.1 Å². The van der Waals surface area contributed by atoms with E-state index in [1.54, 1.807) is 7.11 Å². The molecule has 3 N–H and O–H groups in total. The molecule has 0 amide bonds. The first kappa shape index (κ1) is 13.4. The van der Waals surface area contributed by atoms with Crippen LogP contribution in [0.15, 0.2) is 0 Å². The fourth-order valence-electron chi connectivity index (χ4n) is 3.24. The molecule has 6 nitrogen and oxygen atoms in total. The van der Waals surface area contributed by atoms with E-state index >= 15 is 0 Å².